The minimum atomic E-state index is -0.592. The number of nitrogen functional groups attached to an aromatic ring is 1. The fraction of sp³-hybridized carbons (Fsp3) is 0. The van der Waals surface area contributed by atoms with Crippen molar-refractivity contribution in [3.05, 3.63) is 51.0 Å². The lowest BCUT2D eigenvalue weighted by molar-refractivity contribution is -0.384. The van der Waals surface area contributed by atoms with Crippen LogP contribution in [0.3, 0.4) is 0 Å². The van der Waals surface area contributed by atoms with Gasteiger partial charge in [0, 0.05) is 16.6 Å². The van der Waals surface area contributed by atoms with Gasteiger partial charge in [0.05, 0.1) is 4.92 Å². The Kier molecular flexibility index (Phi) is 3.42. The number of aromatic nitrogens is 1. The van der Waals surface area contributed by atoms with Crippen LogP contribution in [0.1, 0.15) is 0 Å². The van der Waals surface area contributed by atoms with Crippen LogP contribution in [0.5, 0.6) is 11.6 Å². The molecule has 0 spiro atoms. The zero-order valence-corrected chi connectivity index (χ0v) is 10.6. The van der Waals surface area contributed by atoms with Crippen molar-refractivity contribution in [2.24, 2.45) is 0 Å². The highest BCUT2D eigenvalue weighted by Crippen LogP contribution is 2.26. The van der Waals surface area contributed by atoms with Crippen molar-refractivity contribution in [1.29, 1.82) is 0 Å². The molecule has 0 aliphatic rings. The van der Waals surface area contributed by atoms with Gasteiger partial charge in [0.2, 0.25) is 11.7 Å². The summed E-state index contributed by atoms with van der Waals surface area (Å²) in [6, 6.07) is 9.80. The molecule has 0 unspecified atom stereocenters. The van der Waals surface area contributed by atoms with Crippen molar-refractivity contribution in [3.8, 4) is 11.6 Å². The molecule has 0 aliphatic carbocycles. The predicted octanol–water partition coefficient (Wildman–Crippen LogP) is 3.13. The Hall–Kier alpha value is -2.15. The molecule has 0 amide bonds. The number of hydrogen-bond acceptors (Lipinski definition) is 5. The first-order valence-electron chi connectivity index (χ1n) is 4.90. The van der Waals surface area contributed by atoms with Gasteiger partial charge in [0.25, 0.3) is 0 Å². The number of anilines is 1. The van der Waals surface area contributed by atoms with Crippen molar-refractivity contribution in [1.82, 2.24) is 4.98 Å². The number of ether oxygens (including phenoxy) is 1. The summed E-state index contributed by atoms with van der Waals surface area (Å²) in [7, 11) is 0. The van der Waals surface area contributed by atoms with E-state index in [0.717, 1.165) is 4.47 Å². The standard InChI is InChI=1S/C11H8BrN3O3/c12-7-2-1-3-8(6-7)18-10-5-4-9(15(16)17)11(13)14-10/h1-6H,(H2,13,14). The molecule has 2 rings (SSSR count). The Morgan fingerprint density at radius 1 is 1.33 bits per heavy atom. The molecular weight excluding hydrogens is 302 g/mol. The van der Waals surface area contributed by atoms with Crippen LogP contribution in [0.25, 0.3) is 0 Å². The lowest BCUT2D eigenvalue weighted by atomic mass is 10.3. The average Bonchev–Trinajstić information content (AvgIpc) is 2.28. The summed E-state index contributed by atoms with van der Waals surface area (Å²) in [6.45, 7) is 0. The smallest absolute Gasteiger partial charge is 0.311 e. The highest BCUT2D eigenvalue weighted by atomic mass is 79.9. The van der Waals surface area contributed by atoms with Gasteiger partial charge < -0.3 is 10.5 Å². The second-order valence-corrected chi connectivity index (χ2v) is 4.29. The third-order valence-corrected chi connectivity index (χ3v) is 2.59. The third-order valence-electron chi connectivity index (χ3n) is 2.09. The van der Waals surface area contributed by atoms with Gasteiger partial charge in [-0.2, -0.15) is 4.98 Å². The molecule has 0 radical (unpaired) electrons. The zero-order valence-electron chi connectivity index (χ0n) is 9.04. The Labute approximate surface area is 111 Å². The van der Waals surface area contributed by atoms with Crippen LogP contribution < -0.4 is 10.5 Å². The van der Waals surface area contributed by atoms with Crippen LogP contribution in [0.2, 0.25) is 0 Å². The van der Waals surface area contributed by atoms with E-state index in [9.17, 15) is 10.1 Å². The Bertz CT molecular complexity index is 604. The summed E-state index contributed by atoms with van der Waals surface area (Å²) in [6.07, 6.45) is 0. The minimum Gasteiger partial charge on any atom is -0.439 e. The van der Waals surface area contributed by atoms with E-state index in [1.54, 1.807) is 18.2 Å². The van der Waals surface area contributed by atoms with Crippen LogP contribution in [-0.4, -0.2) is 9.91 Å². The van der Waals surface area contributed by atoms with Crippen LogP contribution in [0.4, 0.5) is 11.5 Å². The van der Waals surface area contributed by atoms with Gasteiger partial charge in [-0.3, -0.25) is 10.1 Å². The number of nitro groups is 1. The molecule has 92 valence electrons. The van der Waals surface area contributed by atoms with Gasteiger partial charge in [-0.15, -0.1) is 0 Å². The van der Waals surface area contributed by atoms with Crippen LogP contribution in [0, 0.1) is 10.1 Å². The molecule has 0 saturated heterocycles. The van der Waals surface area contributed by atoms with Crippen LogP contribution in [0.15, 0.2) is 40.9 Å². The van der Waals surface area contributed by atoms with E-state index in [4.69, 9.17) is 10.5 Å². The summed E-state index contributed by atoms with van der Waals surface area (Å²) in [5, 5.41) is 10.6. The monoisotopic (exact) mass is 309 g/mol. The molecule has 1 aromatic carbocycles. The lowest BCUT2D eigenvalue weighted by Gasteiger charge is -2.05. The van der Waals surface area contributed by atoms with Gasteiger partial charge >= 0.3 is 5.69 Å². The molecule has 6 nitrogen and oxygen atoms in total. The maximum atomic E-state index is 10.6. The summed E-state index contributed by atoms with van der Waals surface area (Å²) >= 11 is 3.31. The van der Waals surface area contributed by atoms with E-state index in [2.05, 4.69) is 20.9 Å². The molecule has 0 aliphatic heterocycles. The molecular formula is C11H8BrN3O3. The van der Waals surface area contributed by atoms with E-state index in [1.807, 2.05) is 6.07 Å². The molecule has 0 fully saturated rings. The summed E-state index contributed by atoms with van der Waals surface area (Å²) in [5.74, 6) is 0.592. The quantitative estimate of drug-likeness (QED) is 0.694. The Balaban J connectivity index is 2.25. The first-order valence-corrected chi connectivity index (χ1v) is 5.70. The molecule has 1 aromatic heterocycles. The Morgan fingerprint density at radius 2 is 2.11 bits per heavy atom. The van der Waals surface area contributed by atoms with Gasteiger partial charge in [-0.05, 0) is 18.2 Å². The maximum absolute atomic E-state index is 10.6. The fourth-order valence-corrected chi connectivity index (χ4v) is 1.69. The summed E-state index contributed by atoms with van der Waals surface area (Å²) in [5.41, 5.74) is 5.22. The van der Waals surface area contributed by atoms with E-state index in [1.165, 1.54) is 12.1 Å². The van der Waals surface area contributed by atoms with E-state index in [-0.39, 0.29) is 17.4 Å². The molecule has 7 heteroatoms. The van der Waals surface area contributed by atoms with Crippen molar-refractivity contribution in [3.63, 3.8) is 0 Å². The molecule has 0 atom stereocenters. The van der Waals surface area contributed by atoms with Crippen molar-refractivity contribution >= 4 is 27.4 Å². The van der Waals surface area contributed by atoms with Crippen LogP contribution in [-0.2, 0) is 0 Å². The molecule has 2 aromatic rings. The largest absolute Gasteiger partial charge is 0.439 e. The normalized spacial score (nSPS) is 10.1. The Morgan fingerprint density at radius 3 is 2.72 bits per heavy atom. The number of rotatable bonds is 3. The second-order valence-electron chi connectivity index (χ2n) is 3.37. The lowest BCUT2D eigenvalue weighted by Crippen LogP contribution is -1.99. The van der Waals surface area contributed by atoms with Gasteiger partial charge in [-0.25, -0.2) is 0 Å². The molecule has 0 saturated carbocycles. The van der Waals surface area contributed by atoms with Gasteiger partial charge in [-0.1, -0.05) is 22.0 Å². The highest BCUT2D eigenvalue weighted by Gasteiger charge is 2.13. The number of halogens is 1. The molecule has 18 heavy (non-hydrogen) atoms. The van der Waals surface area contributed by atoms with Gasteiger partial charge in [0.15, 0.2) is 0 Å². The average molecular weight is 310 g/mol. The van der Waals surface area contributed by atoms with Crippen molar-refractivity contribution < 1.29 is 9.66 Å². The van der Waals surface area contributed by atoms with E-state index >= 15 is 0 Å². The van der Waals surface area contributed by atoms with Crippen LogP contribution >= 0.6 is 15.9 Å². The summed E-state index contributed by atoms with van der Waals surface area (Å²) < 4.78 is 6.29. The fourth-order valence-electron chi connectivity index (χ4n) is 1.31. The first kappa shape index (κ1) is 12.3. The van der Waals surface area contributed by atoms with E-state index < -0.39 is 4.92 Å². The second kappa shape index (κ2) is 5.01. The number of nitrogens with zero attached hydrogens (tertiary/aromatic N) is 2. The van der Waals surface area contributed by atoms with E-state index in [0.29, 0.717) is 5.75 Å². The number of pyridine rings is 1. The molecule has 2 N–H and O–H groups in total. The zero-order chi connectivity index (χ0) is 13.1. The SMILES string of the molecule is Nc1nc(Oc2cccc(Br)c2)ccc1[N+](=O)[O-]. The highest BCUT2D eigenvalue weighted by molar-refractivity contribution is 9.10. The summed E-state index contributed by atoms with van der Waals surface area (Å²) in [4.78, 5) is 13.8. The predicted molar refractivity (Wildman–Crippen MR) is 69.5 cm³/mol. The number of benzene rings is 1. The van der Waals surface area contributed by atoms with Crippen molar-refractivity contribution in [2.45, 2.75) is 0 Å². The minimum absolute atomic E-state index is 0.174. The third kappa shape index (κ3) is 2.75. The first-order chi connectivity index (χ1) is 8.56. The topological polar surface area (TPSA) is 91.3 Å². The molecule has 1 heterocycles. The number of nitrogens with two attached hydrogens (primary N) is 1. The molecule has 0 bridgehead atoms. The number of hydrogen-bond donors (Lipinski definition) is 1. The maximum Gasteiger partial charge on any atom is 0.311 e. The van der Waals surface area contributed by atoms with Crippen molar-refractivity contribution in [2.75, 3.05) is 5.73 Å². The van der Waals surface area contributed by atoms with Gasteiger partial charge in [0.1, 0.15) is 5.75 Å².